The van der Waals surface area contributed by atoms with Crippen molar-refractivity contribution in [1.29, 1.82) is 0 Å². The monoisotopic (exact) mass is 412 g/mol. The molecule has 6 nitrogen and oxygen atoms in total. The third kappa shape index (κ3) is 4.98. The van der Waals surface area contributed by atoms with E-state index in [4.69, 9.17) is 9.15 Å². The first-order chi connectivity index (χ1) is 14.6. The number of hydrogen-bond acceptors (Lipinski definition) is 5. The Balaban J connectivity index is 1.27. The van der Waals surface area contributed by atoms with Crippen LogP contribution in [0.2, 0.25) is 0 Å². The lowest BCUT2D eigenvalue weighted by atomic mass is 10.1. The van der Waals surface area contributed by atoms with Gasteiger partial charge in [0.05, 0.1) is 12.7 Å². The maximum atomic E-state index is 12.9. The summed E-state index contributed by atoms with van der Waals surface area (Å²) in [5, 5.41) is 16.7. The van der Waals surface area contributed by atoms with Crippen LogP contribution in [0.1, 0.15) is 24.2 Å². The Bertz CT molecular complexity index is 1000. The Hall–Kier alpha value is -2.90. The number of ether oxygens (including phenoxy) is 1. The van der Waals surface area contributed by atoms with Gasteiger partial charge in [-0.2, -0.15) is 0 Å². The number of rotatable bonds is 8. The van der Waals surface area contributed by atoms with Crippen LogP contribution >= 0.6 is 0 Å². The van der Waals surface area contributed by atoms with Crippen LogP contribution in [0.25, 0.3) is 11.0 Å². The minimum atomic E-state index is -0.629. The van der Waals surface area contributed by atoms with Gasteiger partial charge in [-0.25, -0.2) is 4.39 Å². The Kier molecular flexibility index (Phi) is 6.30. The predicted octanol–water partition coefficient (Wildman–Crippen LogP) is 2.92. The zero-order chi connectivity index (χ0) is 20.9. The highest BCUT2D eigenvalue weighted by Gasteiger charge is 2.30. The summed E-state index contributed by atoms with van der Waals surface area (Å²) < 4.78 is 24.4. The maximum absolute atomic E-state index is 12.9. The van der Waals surface area contributed by atoms with Crippen LogP contribution in [0.5, 0.6) is 5.75 Å². The van der Waals surface area contributed by atoms with Crippen LogP contribution < -0.4 is 15.4 Å². The number of aliphatic hydroxyl groups excluding tert-OH is 1. The van der Waals surface area contributed by atoms with E-state index in [1.54, 1.807) is 12.1 Å². The second kappa shape index (κ2) is 9.28. The number of halogens is 1. The van der Waals surface area contributed by atoms with Crippen molar-refractivity contribution in [2.45, 2.75) is 38.0 Å². The summed E-state index contributed by atoms with van der Waals surface area (Å²) >= 11 is 0. The molecule has 0 spiro atoms. The first-order valence-electron chi connectivity index (χ1n) is 10.2. The number of hydrogen-bond donors (Lipinski definition) is 3. The molecule has 3 N–H and O–H groups in total. The van der Waals surface area contributed by atoms with Crippen molar-refractivity contribution in [3.63, 3.8) is 0 Å². The van der Waals surface area contributed by atoms with Gasteiger partial charge in [0.2, 0.25) is 5.91 Å². The van der Waals surface area contributed by atoms with Crippen molar-refractivity contribution in [3.05, 3.63) is 65.7 Å². The number of fused-ring (bicyclic) bond motifs is 1. The Morgan fingerprint density at radius 2 is 2.07 bits per heavy atom. The molecule has 0 unspecified atom stereocenters. The smallest absolute Gasteiger partial charge is 0.240 e. The molecular formula is C23H25FN2O4. The first kappa shape index (κ1) is 20.4. The Morgan fingerprint density at radius 1 is 1.23 bits per heavy atom. The van der Waals surface area contributed by atoms with E-state index in [0.29, 0.717) is 31.9 Å². The molecular weight excluding hydrogens is 387 g/mol. The molecule has 4 rings (SSSR count). The standard InChI is InChI=1S/C23H25FN2O4/c24-17-4-6-18(7-5-17)29-11-1-2-19-13-16-12-15(3-8-21(16)30-19)14-26-23(28)22-20(27)9-10-25-22/h3-8,12-13,20,22,25,27H,1-2,9-11,14H2,(H,26,28)/t20-,22-/m0/s1. The molecule has 2 aromatic carbocycles. The number of furan rings is 1. The molecule has 1 aliphatic rings. The fraction of sp³-hybridized carbons (Fsp3) is 0.348. The molecule has 1 amide bonds. The van der Waals surface area contributed by atoms with E-state index >= 15 is 0 Å². The van der Waals surface area contributed by atoms with Crippen molar-refractivity contribution in [2.75, 3.05) is 13.2 Å². The second-order valence-electron chi connectivity index (χ2n) is 7.50. The van der Waals surface area contributed by atoms with Crippen molar-refractivity contribution in [3.8, 4) is 5.75 Å². The van der Waals surface area contributed by atoms with Gasteiger partial charge in [-0.1, -0.05) is 6.07 Å². The number of carbonyl (C=O) groups is 1. The average Bonchev–Trinajstić information content (AvgIpc) is 3.36. The highest BCUT2D eigenvalue weighted by atomic mass is 19.1. The van der Waals surface area contributed by atoms with Gasteiger partial charge < -0.3 is 24.9 Å². The molecule has 0 saturated carbocycles. The van der Waals surface area contributed by atoms with E-state index in [2.05, 4.69) is 10.6 Å². The predicted molar refractivity (Wildman–Crippen MR) is 111 cm³/mol. The van der Waals surface area contributed by atoms with E-state index in [-0.39, 0.29) is 11.7 Å². The molecule has 0 radical (unpaired) electrons. The van der Waals surface area contributed by atoms with Crippen LogP contribution in [0.15, 0.2) is 52.9 Å². The van der Waals surface area contributed by atoms with E-state index in [1.165, 1.54) is 12.1 Å². The van der Waals surface area contributed by atoms with Crippen molar-refractivity contribution in [1.82, 2.24) is 10.6 Å². The SMILES string of the molecule is O=C(NCc1ccc2oc(CCCOc3ccc(F)cc3)cc2c1)[C@H]1NCC[C@@H]1O. The molecule has 2 heterocycles. The maximum Gasteiger partial charge on any atom is 0.240 e. The zero-order valence-corrected chi connectivity index (χ0v) is 16.6. The normalized spacial score (nSPS) is 18.6. The van der Waals surface area contributed by atoms with E-state index < -0.39 is 12.1 Å². The van der Waals surface area contributed by atoms with Gasteiger partial charge in [0, 0.05) is 18.4 Å². The fourth-order valence-corrected chi connectivity index (χ4v) is 3.60. The number of amides is 1. The van der Waals surface area contributed by atoms with Gasteiger partial charge >= 0.3 is 0 Å². The van der Waals surface area contributed by atoms with Gasteiger partial charge in [0.25, 0.3) is 0 Å². The largest absolute Gasteiger partial charge is 0.494 e. The molecule has 1 fully saturated rings. The second-order valence-corrected chi connectivity index (χ2v) is 7.50. The number of carbonyl (C=O) groups excluding carboxylic acids is 1. The summed E-state index contributed by atoms with van der Waals surface area (Å²) in [4.78, 5) is 12.2. The van der Waals surface area contributed by atoms with Crippen molar-refractivity contribution < 1.29 is 23.4 Å². The summed E-state index contributed by atoms with van der Waals surface area (Å²) in [6.07, 6.45) is 1.47. The zero-order valence-electron chi connectivity index (χ0n) is 16.6. The molecule has 7 heteroatoms. The highest BCUT2D eigenvalue weighted by molar-refractivity contribution is 5.83. The summed E-state index contributed by atoms with van der Waals surface area (Å²) in [6, 6.07) is 13.3. The van der Waals surface area contributed by atoms with Gasteiger partial charge in [-0.05, 0) is 67.4 Å². The third-order valence-electron chi connectivity index (χ3n) is 5.22. The van der Waals surface area contributed by atoms with Crippen LogP contribution in [-0.4, -0.2) is 36.3 Å². The van der Waals surface area contributed by atoms with Crippen LogP contribution in [0, 0.1) is 5.82 Å². The number of aryl methyl sites for hydroxylation is 1. The molecule has 2 atom stereocenters. The Labute approximate surface area is 174 Å². The first-order valence-corrected chi connectivity index (χ1v) is 10.2. The summed E-state index contributed by atoms with van der Waals surface area (Å²) in [5.74, 6) is 1.05. The molecule has 30 heavy (non-hydrogen) atoms. The molecule has 0 aliphatic carbocycles. The minimum Gasteiger partial charge on any atom is -0.494 e. The van der Waals surface area contributed by atoms with Crippen LogP contribution in [0.4, 0.5) is 4.39 Å². The highest BCUT2D eigenvalue weighted by Crippen LogP contribution is 2.22. The van der Waals surface area contributed by atoms with E-state index in [9.17, 15) is 14.3 Å². The summed E-state index contributed by atoms with van der Waals surface area (Å²) in [5.41, 5.74) is 1.77. The minimum absolute atomic E-state index is 0.186. The van der Waals surface area contributed by atoms with Gasteiger partial charge in [-0.3, -0.25) is 4.79 Å². The quantitative estimate of drug-likeness (QED) is 0.496. The topological polar surface area (TPSA) is 83.7 Å². The van der Waals surface area contributed by atoms with Crippen molar-refractivity contribution in [2.24, 2.45) is 0 Å². The van der Waals surface area contributed by atoms with E-state index in [1.807, 2.05) is 24.3 Å². The fourth-order valence-electron chi connectivity index (χ4n) is 3.60. The molecule has 1 saturated heterocycles. The average molecular weight is 412 g/mol. The lowest BCUT2D eigenvalue weighted by Crippen LogP contribution is -2.45. The van der Waals surface area contributed by atoms with Crippen LogP contribution in [-0.2, 0) is 17.8 Å². The number of aliphatic hydroxyl groups is 1. The van der Waals surface area contributed by atoms with Gasteiger partial charge in [0.1, 0.15) is 29.0 Å². The molecule has 1 aromatic heterocycles. The number of benzene rings is 2. The summed E-state index contributed by atoms with van der Waals surface area (Å²) in [6.45, 7) is 1.56. The number of nitrogens with one attached hydrogen (secondary N) is 2. The van der Waals surface area contributed by atoms with Crippen molar-refractivity contribution >= 4 is 16.9 Å². The van der Waals surface area contributed by atoms with Gasteiger partial charge in [-0.15, -0.1) is 0 Å². The van der Waals surface area contributed by atoms with Gasteiger partial charge in [0.15, 0.2) is 0 Å². The molecule has 158 valence electrons. The van der Waals surface area contributed by atoms with Crippen LogP contribution in [0.3, 0.4) is 0 Å². The lowest BCUT2D eigenvalue weighted by Gasteiger charge is -2.14. The molecule has 3 aromatic rings. The summed E-state index contributed by atoms with van der Waals surface area (Å²) in [7, 11) is 0. The lowest BCUT2D eigenvalue weighted by molar-refractivity contribution is -0.124. The third-order valence-corrected chi connectivity index (χ3v) is 5.22. The Morgan fingerprint density at radius 3 is 2.83 bits per heavy atom. The molecule has 0 bridgehead atoms. The van der Waals surface area contributed by atoms with E-state index in [0.717, 1.165) is 35.1 Å². The molecule has 1 aliphatic heterocycles.